The summed E-state index contributed by atoms with van der Waals surface area (Å²) in [6, 6.07) is 4.81. The van der Waals surface area contributed by atoms with Gasteiger partial charge in [0.05, 0.1) is 16.9 Å². The summed E-state index contributed by atoms with van der Waals surface area (Å²) < 4.78 is 26.6. The lowest BCUT2D eigenvalue weighted by Gasteiger charge is -2.12. The van der Waals surface area contributed by atoms with Crippen LogP contribution in [-0.4, -0.2) is 16.8 Å². The van der Waals surface area contributed by atoms with Crippen LogP contribution in [0.3, 0.4) is 0 Å². The van der Waals surface area contributed by atoms with Gasteiger partial charge in [0.1, 0.15) is 0 Å². The normalized spacial score (nSPS) is 10.2. The van der Waals surface area contributed by atoms with Crippen LogP contribution >= 0.6 is 0 Å². The molecule has 0 aliphatic rings. The van der Waals surface area contributed by atoms with Crippen molar-refractivity contribution in [2.75, 3.05) is 10.6 Å². The second-order valence-electron chi connectivity index (χ2n) is 4.64. The fraction of sp³-hybridized carbons (Fsp3) is 0.133. The molecule has 5 nitrogen and oxygen atoms in total. The number of halogens is 2. The van der Waals surface area contributed by atoms with Crippen molar-refractivity contribution in [3.63, 3.8) is 0 Å². The van der Waals surface area contributed by atoms with E-state index in [1.165, 1.54) is 13.1 Å². The number of nitrogens with one attached hydrogen (secondary N) is 2. The first kappa shape index (κ1) is 15.6. The van der Waals surface area contributed by atoms with Gasteiger partial charge >= 0.3 is 0 Å². The second kappa shape index (κ2) is 6.30. The number of hydrogen-bond donors (Lipinski definition) is 2. The Labute approximate surface area is 125 Å². The van der Waals surface area contributed by atoms with Crippen LogP contribution in [-0.2, 0) is 4.79 Å². The molecule has 0 unspecified atom stereocenters. The van der Waals surface area contributed by atoms with Gasteiger partial charge < -0.3 is 10.6 Å². The molecular formula is C15H13F2N3O2. The van der Waals surface area contributed by atoms with E-state index in [0.717, 1.165) is 17.8 Å². The Balaban J connectivity index is 2.31. The molecule has 0 aliphatic heterocycles. The smallest absolute Gasteiger partial charge is 0.257 e. The highest BCUT2D eigenvalue weighted by Crippen LogP contribution is 2.25. The summed E-state index contributed by atoms with van der Waals surface area (Å²) in [5.41, 5.74) is 0.923. The standard InChI is InChI=1S/C15H13F2N3O2/c1-8-3-4-10(7-18-8)15(22)20-14-6-12(17)11(16)5-13(14)19-9(2)21/h3-7H,1-2H3,(H,19,21)(H,20,22). The number of pyridine rings is 1. The van der Waals surface area contributed by atoms with Gasteiger partial charge in [-0.1, -0.05) is 0 Å². The van der Waals surface area contributed by atoms with Crippen molar-refractivity contribution in [1.29, 1.82) is 0 Å². The topological polar surface area (TPSA) is 71.1 Å². The molecule has 0 fully saturated rings. The number of aromatic nitrogens is 1. The number of nitrogens with zero attached hydrogens (tertiary/aromatic N) is 1. The minimum absolute atomic E-state index is 0.0279. The van der Waals surface area contributed by atoms with Gasteiger partial charge in [-0.15, -0.1) is 0 Å². The van der Waals surface area contributed by atoms with Crippen molar-refractivity contribution in [2.45, 2.75) is 13.8 Å². The lowest BCUT2D eigenvalue weighted by Crippen LogP contribution is -2.16. The van der Waals surface area contributed by atoms with Gasteiger partial charge in [-0.3, -0.25) is 14.6 Å². The number of carbonyl (C=O) groups excluding carboxylic acids is 2. The number of hydrogen-bond acceptors (Lipinski definition) is 3. The largest absolute Gasteiger partial charge is 0.324 e. The van der Waals surface area contributed by atoms with E-state index < -0.39 is 23.4 Å². The number of amides is 2. The van der Waals surface area contributed by atoms with Gasteiger partial charge in [0.15, 0.2) is 11.6 Å². The molecule has 0 aliphatic carbocycles. The molecule has 114 valence electrons. The molecule has 0 saturated carbocycles. The molecule has 1 heterocycles. The predicted octanol–water partition coefficient (Wildman–Crippen LogP) is 2.88. The van der Waals surface area contributed by atoms with Gasteiger partial charge in [-0.05, 0) is 19.1 Å². The maximum atomic E-state index is 13.4. The van der Waals surface area contributed by atoms with Crippen molar-refractivity contribution in [3.8, 4) is 0 Å². The van der Waals surface area contributed by atoms with E-state index in [4.69, 9.17) is 0 Å². The molecule has 0 radical (unpaired) electrons. The van der Waals surface area contributed by atoms with E-state index in [-0.39, 0.29) is 16.9 Å². The average Bonchev–Trinajstić information content (AvgIpc) is 2.44. The Morgan fingerprint density at radius 2 is 1.64 bits per heavy atom. The summed E-state index contributed by atoms with van der Waals surface area (Å²) in [5.74, 6) is -3.28. The third-order valence-electron chi connectivity index (χ3n) is 2.79. The van der Waals surface area contributed by atoms with Crippen molar-refractivity contribution >= 4 is 23.2 Å². The van der Waals surface area contributed by atoms with Gasteiger partial charge in [0.25, 0.3) is 5.91 Å². The molecule has 0 saturated heterocycles. The lowest BCUT2D eigenvalue weighted by atomic mass is 10.2. The first-order valence-corrected chi connectivity index (χ1v) is 6.37. The Hall–Kier alpha value is -2.83. The van der Waals surface area contributed by atoms with Gasteiger partial charge in [-0.2, -0.15) is 0 Å². The third kappa shape index (κ3) is 3.63. The van der Waals surface area contributed by atoms with Crippen LogP contribution in [0.2, 0.25) is 0 Å². The van der Waals surface area contributed by atoms with E-state index in [1.54, 1.807) is 19.1 Å². The molecular weight excluding hydrogens is 292 g/mol. The molecule has 7 heteroatoms. The number of aryl methyl sites for hydroxylation is 1. The summed E-state index contributed by atoms with van der Waals surface area (Å²) in [5, 5.41) is 4.75. The Bertz CT molecular complexity index is 730. The third-order valence-corrected chi connectivity index (χ3v) is 2.79. The summed E-state index contributed by atoms with van der Waals surface area (Å²) in [7, 11) is 0. The average molecular weight is 305 g/mol. The Morgan fingerprint density at radius 1 is 1.05 bits per heavy atom. The van der Waals surface area contributed by atoms with Crippen molar-refractivity contribution < 1.29 is 18.4 Å². The fourth-order valence-electron chi connectivity index (χ4n) is 1.74. The highest BCUT2D eigenvalue weighted by molar-refractivity contribution is 6.07. The number of rotatable bonds is 3. The number of benzene rings is 1. The molecule has 22 heavy (non-hydrogen) atoms. The quantitative estimate of drug-likeness (QED) is 0.916. The summed E-state index contributed by atoms with van der Waals surface area (Å²) in [4.78, 5) is 27.2. The zero-order chi connectivity index (χ0) is 16.3. The van der Waals surface area contributed by atoms with Crippen molar-refractivity contribution in [3.05, 3.63) is 53.4 Å². The van der Waals surface area contributed by atoms with Crippen LogP contribution in [0.5, 0.6) is 0 Å². The zero-order valence-corrected chi connectivity index (χ0v) is 11.9. The number of anilines is 2. The molecule has 1 aromatic carbocycles. The molecule has 2 N–H and O–H groups in total. The van der Waals surface area contributed by atoms with Crippen LogP contribution in [0, 0.1) is 18.6 Å². The van der Waals surface area contributed by atoms with Crippen LogP contribution in [0.4, 0.5) is 20.2 Å². The van der Waals surface area contributed by atoms with Crippen LogP contribution in [0.1, 0.15) is 23.0 Å². The van der Waals surface area contributed by atoms with Crippen molar-refractivity contribution in [2.24, 2.45) is 0 Å². The minimum atomic E-state index is -1.13. The first-order valence-electron chi connectivity index (χ1n) is 6.37. The van der Waals surface area contributed by atoms with E-state index >= 15 is 0 Å². The Kier molecular flexibility index (Phi) is 4.45. The highest BCUT2D eigenvalue weighted by atomic mass is 19.2. The summed E-state index contributed by atoms with van der Waals surface area (Å²) in [6.45, 7) is 2.99. The molecule has 0 spiro atoms. The van der Waals surface area contributed by atoms with E-state index in [1.807, 2.05) is 0 Å². The molecule has 0 bridgehead atoms. The minimum Gasteiger partial charge on any atom is -0.324 e. The fourth-order valence-corrected chi connectivity index (χ4v) is 1.74. The number of carbonyl (C=O) groups is 2. The Morgan fingerprint density at radius 3 is 2.14 bits per heavy atom. The SMILES string of the molecule is CC(=O)Nc1cc(F)c(F)cc1NC(=O)c1ccc(C)nc1. The lowest BCUT2D eigenvalue weighted by molar-refractivity contribution is -0.114. The summed E-state index contributed by atoms with van der Waals surface area (Å²) >= 11 is 0. The molecule has 2 aromatic rings. The van der Waals surface area contributed by atoms with Gasteiger partial charge in [0, 0.05) is 30.9 Å². The van der Waals surface area contributed by atoms with E-state index in [0.29, 0.717) is 0 Å². The highest BCUT2D eigenvalue weighted by Gasteiger charge is 2.14. The van der Waals surface area contributed by atoms with Crippen molar-refractivity contribution in [1.82, 2.24) is 4.98 Å². The maximum Gasteiger partial charge on any atom is 0.257 e. The van der Waals surface area contributed by atoms with E-state index in [9.17, 15) is 18.4 Å². The van der Waals surface area contributed by atoms with Crippen LogP contribution < -0.4 is 10.6 Å². The molecule has 1 aromatic heterocycles. The molecule has 2 amide bonds. The van der Waals surface area contributed by atoms with Gasteiger partial charge in [0.2, 0.25) is 5.91 Å². The maximum absolute atomic E-state index is 13.4. The van der Waals surface area contributed by atoms with E-state index in [2.05, 4.69) is 15.6 Å². The molecule has 0 atom stereocenters. The zero-order valence-electron chi connectivity index (χ0n) is 11.9. The van der Waals surface area contributed by atoms with Crippen LogP contribution in [0.15, 0.2) is 30.5 Å². The monoisotopic (exact) mass is 305 g/mol. The predicted molar refractivity (Wildman–Crippen MR) is 77.6 cm³/mol. The first-order chi connectivity index (χ1) is 10.4. The molecule has 2 rings (SSSR count). The van der Waals surface area contributed by atoms with Gasteiger partial charge in [-0.25, -0.2) is 8.78 Å². The second-order valence-corrected chi connectivity index (χ2v) is 4.64. The summed E-state index contributed by atoms with van der Waals surface area (Å²) in [6.07, 6.45) is 1.36. The van der Waals surface area contributed by atoms with Crippen LogP contribution in [0.25, 0.3) is 0 Å².